The van der Waals surface area contributed by atoms with Gasteiger partial charge in [-0.3, -0.25) is 9.79 Å². The zero-order chi connectivity index (χ0) is 17.1. The van der Waals surface area contributed by atoms with E-state index in [0.29, 0.717) is 23.3 Å². The normalized spacial score (nSPS) is 36.8. The van der Waals surface area contributed by atoms with Gasteiger partial charge in [-0.1, -0.05) is 18.9 Å². The zero-order valence-corrected chi connectivity index (χ0v) is 15.7. The van der Waals surface area contributed by atoms with E-state index in [9.17, 15) is 9.90 Å². The second-order valence-electron chi connectivity index (χ2n) is 7.79. The molecule has 3 aliphatic rings. The summed E-state index contributed by atoms with van der Waals surface area (Å²) < 4.78 is 0. The molecule has 2 fully saturated rings. The predicted molar refractivity (Wildman–Crippen MR) is 101 cm³/mol. The molecule has 0 aromatic heterocycles. The van der Waals surface area contributed by atoms with E-state index in [0.717, 1.165) is 19.3 Å². The largest absolute Gasteiger partial charge is 0.481 e. The number of hydrogen-bond acceptors (Lipinski definition) is 4. The van der Waals surface area contributed by atoms with Crippen molar-refractivity contribution in [1.82, 2.24) is 4.90 Å². The first kappa shape index (κ1) is 18.0. The Kier molecular flexibility index (Phi) is 6.03. The van der Waals surface area contributed by atoms with Crippen LogP contribution < -0.4 is 0 Å². The van der Waals surface area contributed by atoms with Crippen LogP contribution in [0.1, 0.15) is 51.4 Å². The smallest absolute Gasteiger partial charge is 0.303 e. The molecule has 1 aliphatic heterocycles. The lowest BCUT2D eigenvalue weighted by Gasteiger charge is -2.37. The van der Waals surface area contributed by atoms with Gasteiger partial charge in [0.25, 0.3) is 0 Å². The SMILES string of the molecule is CN(C)C1CCC(/C=C/C2=NC3CCCCC3S2)C(CC(=O)O)C1. The van der Waals surface area contributed by atoms with Crippen LogP contribution in [0.3, 0.4) is 0 Å². The average molecular weight is 351 g/mol. The average Bonchev–Trinajstić information content (AvgIpc) is 2.95. The molecular weight excluding hydrogens is 320 g/mol. The molecule has 2 aliphatic carbocycles. The van der Waals surface area contributed by atoms with Crippen molar-refractivity contribution in [2.75, 3.05) is 14.1 Å². The van der Waals surface area contributed by atoms with Gasteiger partial charge in [0.1, 0.15) is 0 Å². The Hall–Kier alpha value is -0.810. The zero-order valence-electron chi connectivity index (χ0n) is 14.9. The molecule has 0 spiro atoms. The fraction of sp³-hybridized carbons (Fsp3) is 0.789. The van der Waals surface area contributed by atoms with Gasteiger partial charge < -0.3 is 10.0 Å². The molecule has 3 rings (SSSR count). The van der Waals surface area contributed by atoms with Gasteiger partial charge in [0.15, 0.2) is 0 Å². The topological polar surface area (TPSA) is 52.9 Å². The van der Waals surface area contributed by atoms with Crippen molar-refractivity contribution in [3.05, 3.63) is 12.2 Å². The van der Waals surface area contributed by atoms with Crippen LogP contribution in [0.4, 0.5) is 0 Å². The number of carboxylic acids is 1. The van der Waals surface area contributed by atoms with Crippen LogP contribution in [0.2, 0.25) is 0 Å². The van der Waals surface area contributed by atoms with Crippen molar-refractivity contribution in [1.29, 1.82) is 0 Å². The first-order valence-corrected chi connectivity index (χ1v) is 10.2. The summed E-state index contributed by atoms with van der Waals surface area (Å²) in [6.45, 7) is 0. The lowest BCUT2D eigenvalue weighted by atomic mass is 9.75. The number of thioether (sulfide) groups is 1. The Balaban J connectivity index is 1.62. The Morgan fingerprint density at radius 2 is 2.08 bits per heavy atom. The van der Waals surface area contributed by atoms with Gasteiger partial charge in [0.05, 0.1) is 11.1 Å². The van der Waals surface area contributed by atoms with Crippen molar-refractivity contribution in [2.45, 2.75) is 68.7 Å². The highest BCUT2D eigenvalue weighted by Crippen LogP contribution is 2.39. The minimum Gasteiger partial charge on any atom is -0.481 e. The summed E-state index contributed by atoms with van der Waals surface area (Å²) in [7, 11) is 4.20. The number of allylic oxidation sites excluding steroid dienone is 1. The Morgan fingerprint density at radius 1 is 1.29 bits per heavy atom. The molecule has 0 bridgehead atoms. The van der Waals surface area contributed by atoms with Crippen LogP contribution in [0.25, 0.3) is 0 Å². The van der Waals surface area contributed by atoms with E-state index < -0.39 is 5.97 Å². The molecule has 0 saturated heterocycles. The Bertz CT molecular complexity index is 517. The van der Waals surface area contributed by atoms with Crippen LogP contribution in [0, 0.1) is 11.8 Å². The molecule has 0 amide bonds. The van der Waals surface area contributed by atoms with E-state index in [4.69, 9.17) is 4.99 Å². The van der Waals surface area contributed by atoms with Crippen molar-refractivity contribution < 1.29 is 9.90 Å². The maximum atomic E-state index is 11.3. The minimum absolute atomic E-state index is 0.245. The fourth-order valence-corrected chi connectivity index (χ4v) is 5.75. The lowest BCUT2D eigenvalue weighted by Crippen LogP contribution is -2.37. The summed E-state index contributed by atoms with van der Waals surface area (Å²) in [5.74, 6) is -0.0474. The summed E-state index contributed by atoms with van der Waals surface area (Å²) in [4.78, 5) is 18.4. The van der Waals surface area contributed by atoms with E-state index in [2.05, 4.69) is 31.1 Å². The Morgan fingerprint density at radius 3 is 2.79 bits per heavy atom. The van der Waals surface area contributed by atoms with Crippen LogP contribution in [-0.4, -0.2) is 52.4 Å². The summed E-state index contributed by atoms with van der Waals surface area (Å²) in [5.41, 5.74) is 0. The van der Waals surface area contributed by atoms with Gasteiger partial charge in [-0.15, -0.1) is 11.8 Å². The molecule has 24 heavy (non-hydrogen) atoms. The molecule has 2 saturated carbocycles. The summed E-state index contributed by atoms with van der Waals surface area (Å²) in [6.07, 6.45) is 13.2. The number of hydrogen-bond donors (Lipinski definition) is 1. The molecule has 0 aromatic carbocycles. The van der Waals surface area contributed by atoms with Crippen LogP contribution >= 0.6 is 11.8 Å². The fourth-order valence-electron chi connectivity index (χ4n) is 4.44. The van der Waals surface area contributed by atoms with Gasteiger partial charge in [0, 0.05) is 17.7 Å². The molecule has 1 N–H and O–H groups in total. The van der Waals surface area contributed by atoms with Crippen LogP contribution in [0.5, 0.6) is 0 Å². The second-order valence-corrected chi connectivity index (χ2v) is 9.05. The standard InChI is InChI=1S/C19H30N2O2S/c1-21(2)15-9-7-13(14(11-15)12-19(22)23)8-10-18-20-16-5-3-4-6-17(16)24-18/h8,10,13-17H,3-7,9,11-12H2,1-2H3,(H,22,23)/b10-8+. The highest BCUT2D eigenvalue weighted by Gasteiger charge is 2.33. The van der Waals surface area contributed by atoms with Gasteiger partial charge in [0.2, 0.25) is 0 Å². The van der Waals surface area contributed by atoms with Crippen molar-refractivity contribution in [2.24, 2.45) is 16.8 Å². The van der Waals surface area contributed by atoms with Gasteiger partial charge in [-0.2, -0.15) is 0 Å². The van der Waals surface area contributed by atoms with E-state index in [1.807, 2.05) is 11.8 Å². The molecule has 1 heterocycles. The molecule has 0 aromatic rings. The number of carbonyl (C=O) groups is 1. The molecule has 5 unspecified atom stereocenters. The van der Waals surface area contributed by atoms with E-state index in [1.54, 1.807) is 0 Å². The number of carboxylic acid groups (broad SMARTS) is 1. The highest BCUT2D eigenvalue weighted by molar-refractivity contribution is 8.15. The lowest BCUT2D eigenvalue weighted by molar-refractivity contribution is -0.138. The molecule has 4 nitrogen and oxygen atoms in total. The van der Waals surface area contributed by atoms with Crippen molar-refractivity contribution in [3.8, 4) is 0 Å². The summed E-state index contributed by atoms with van der Waals surface area (Å²) in [5, 5.41) is 11.1. The Labute approximate surface area is 149 Å². The number of fused-ring (bicyclic) bond motifs is 1. The minimum atomic E-state index is -0.670. The molecule has 5 atom stereocenters. The van der Waals surface area contributed by atoms with Crippen molar-refractivity contribution >= 4 is 22.8 Å². The predicted octanol–water partition coefficient (Wildman–Crippen LogP) is 3.82. The third-order valence-corrected chi connectivity index (χ3v) is 7.24. The quantitative estimate of drug-likeness (QED) is 0.819. The third-order valence-electron chi connectivity index (χ3n) is 5.90. The molecule has 134 valence electrons. The summed E-state index contributed by atoms with van der Waals surface area (Å²) in [6, 6.07) is 1.04. The van der Waals surface area contributed by atoms with E-state index in [-0.39, 0.29) is 12.3 Å². The number of aliphatic carboxylic acids is 1. The maximum Gasteiger partial charge on any atom is 0.303 e. The van der Waals surface area contributed by atoms with Crippen LogP contribution in [0.15, 0.2) is 17.1 Å². The monoisotopic (exact) mass is 350 g/mol. The van der Waals surface area contributed by atoms with E-state index in [1.165, 1.54) is 30.7 Å². The highest BCUT2D eigenvalue weighted by atomic mass is 32.2. The van der Waals surface area contributed by atoms with Crippen LogP contribution in [-0.2, 0) is 4.79 Å². The maximum absolute atomic E-state index is 11.3. The van der Waals surface area contributed by atoms with Gasteiger partial charge >= 0.3 is 5.97 Å². The first-order valence-electron chi connectivity index (χ1n) is 9.34. The van der Waals surface area contributed by atoms with Gasteiger partial charge in [-0.05, 0) is 64.1 Å². The third kappa shape index (κ3) is 4.42. The molecular formula is C19H30N2O2S. The number of nitrogens with zero attached hydrogens (tertiary/aromatic N) is 2. The molecule has 0 radical (unpaired) electrons. The first-order chi connectivity index (χ1) is 11.5. The number of aliphatic imine (C=N–C) groups is 1. The van der Waals surface area contributed by atoms with Crippen molar-refractivity contribution in [3.63, 3.8) is 0 Å². The number of rotatable bonds is 5. The van der Waals surface area contributed by atoms with E-state index >= 15 is 0 Å². The molecule has 5 heteroatoms. The summed E-state index contributed by atoms with van der Waals surface area (Å²) >= 11 is 1.94. The van der Waals surface area contributed by atoms with Gasteiger partial charge in [-0.25, -0.2) is 0 Å². The second kappa shape index (κ2) is 8.05.